The van der Waals surface area contributed by atoms with Crippen LogP contribution in [0.2, 0.25) is 5.02 Å². The third-order valence-corrected chi connectivity index (χ3v) is 3.80. The van der Waals surface area contributed by atoms with Crippen molar-refractivity contribution in [2.45, 2.75) is 25.4 Å². The molecular weight excluding hydrogens is 254 g/mol. The molecule has 0 bridgehead atoms. The molecule has 0 aromatic heterocycles. The molecule has 0 aliphatic carbocycles. The molecule has 0 saturated carbocycles. The van der Waals surface area contributed by atoms with Crippen molar-refractivity contribution < 1.29 is 15.0 Å². The Balaban J connectivity index is 2.18. The first kappa shape index (κ1) is 13.2. The van der Waals surface area contributed by atoms with Gasteiger partial charge in [-0.25, -0.2) is 0 Å². The fourth-order valence-corrected chi connectivity index (χ4v) is 2.60. The number of carboxylic acids is 1. The molecule has 1 heterocycles. The molecular formula is C13H16ClNO3. The minimum absolute atomic E-state index is 0.219. The van der Waals surface area contributed by atoms with E-state index < -0.39 is 11.6 Å². The molecule has 2 N–H and O–H groups in total. The van der Waals surface area contributed by atoms with E-state index in [-0.39, 0.29) is 6.42 Å². The maximum atomic E-state index is 10.7. The van der Waals surface area contributed by atoms with E-state index in [0.717, 1.165) is 11.3 Å². The number of aliphatic carboxylic acids is 1. The number of aliphatic hydroxyl groups is 1. The van der Waals surface area contributed by atoms with Gasteiger partial charge in [-0.1, -0.05) is 17.7 Å². The van der Waals surface area contributed by atoms with Crippen molar-refractivity contribution in [1.29, 1.82) is 0 Å². The zero-order chi connectivity index (χ0) is 13.3. The molecule has 98 valence electrons. The monoisotopic (exact) mass is 269 g/mol. The molecule has 0 radical (unpaired) electrons. The summed E-state index contributed by atoms with van der Waals surface area (Å²) in [5.41, 5.74) is 0.781. The number of benzene rings is 1. The van der Waals surface area contributed by atoms with E-state index >= 15 is 0 Å². The Bertz CT molecular complexity index is 477. The smallest absolute Gasteiger partial charge is 0.306 e. The second-order valence-corrected chi connectivity index (χ2v) is 5.26. The third-order valence-electron chi connectivity index (χ3n) is 3.39. The SMILES string of the molecule is Cc1c(Cl)cccc1N1CCC(O)(CC(=O)O)C1. The summed E-state index contributed by atoms with van der Waals surface area (Å²) in [5.74, 6) is -0.970. The second kappa shape index (κ2) is 4.78. The van der Waals surface area contributed by atoms with Gasteiger partial charge in [-0.15, -0.1) is 0 Å². The van der Waals surface area contributed by atoms with E-state index in [4.69, 9.17) is 16.7 Å². The lowest BCUT2D eigenvalue weighted by atomic mass is 9.99. The van der Waals surface area contributed by atoms with Crippen LogP contribution in [0.4, 0.5) is 5.69 Å². The van der Waals surface area contributed by atoms with Gasteiger partial charge in [0.1, 0.15) is 0 Å². The summed E-state index contributed by atoms with van der Waals surface area (Å²) in [7, 11) is 0. The first-order chi connectivity index (χ1) is 8.41. The molecule has 0 amide bonds. The van der Waals surface area contributed by atoms with E-state index in [2.05, 4.69) is 0 Å². The van der Waals surface area contributed by atoms with Gasteiger partial charge in [0, 0.05) is 23.8 Å². The van der Waals surface area contributed by atoms with Gasteiger partial charge >= 0.3 is 5.97 Å². The number of carboxylic acid groups (broad SMARTS) is 1. The predicted octanol–water partition coefficient (Wildman–Crippen LogP) is 2.06. The van der Waals surface area contributed by atoms with Gasteiger partial charge in [-0.3, -0.25) is 4.79 Å². The van der Waals surface area contributed by atoms with E-state index in [1.807, 2.05) is 30.0 Å². The van der Waals surface area contributed by atoms with Crippen LogP contribution in [0.1, 0.15) is 18.4 Å². The Hall–Kier alpha value is -1.26. The molecule has 1 saturated heterocycles. The molecule has 5 heteroatoms. The number of halogens is 1. The van der Waals surface area contributed by atoms with E-state index in [1.54, 1.807) is 0 Å². The summed E-state index contributed by atoms with van der Waals surface area (Å²) < 4.78 is 0. The minimum atomic E-state index is -1.14. The third kappa shape index (κ3) is 2.60. The molecule has 1 aromatic rings. The fraction of sp³-hybridized carbons (Fsp3) is 0.462. The summed E-state index contributed by atoms with van der Waals surface area (Å²) in [6.45, 7) is 2.90. The van der Waals surface area contributed by atoms with E-state index in [0.29, 0.717) is 24.5 Å². The first-order valence-electron chi connectivity index (χ1n) is 5.85. The number of hydrogen-bond donors (Lipinski definition) is 2. The summed E-state index contributed by atoms with van der Waals surface area (Å²) >= 11 is 6.06. The predicted molar refractivity (Wildman–Crippen MR) is 70.2 cm³/mol. The highest BCUT2D eigenvalue weighted by Crippen LogP contribution is 2.33. The number of carbonyl (C=O) groups is 1. The largest absolute Gasteiger partial charge is 0.481 e. The van der Waals surface area contributed by atoms with Crippen LogP contribution in [-0.2, 0) is 4.79 Å². The van der Waals surface area contributed by atoms with Crippen molar-refractivity contribution in [2.75, 3.05) is 18.0 Å². The van der Waals surface area contributed by atoms with Crippen molar-refractivity contribution in [1.82, 2.24) is 0 Å². The van der Waals surface area contributed by atoms with Gasteiger partial charge in [-0.05, 0) is 31.0 Å². The second-order valence-electron chi connectivity index (χ2n) is 4.85. The topological polar surface area (TPSA) is 60.8 Å². The average molecular weight is 270 g/mol. The normalized spacial score (nSPS) is 23.4. The maximum absolute atomic E-state index is 10.7. The lowest BCUT2D eigenvalue weighted by Crippen LogP contribution is -2.35. The Morgan fingerprint density at radius 1 is 1.56 bits per heavy atom. The van der Waals surface area contributed by atoms with E-state index in [9.17, 15) is 9.90 Å². The van der Waals surface area contributed by atoms with Crippen molar-refractivity contribution >= 4 is 23.3 Å². The quantitative estimate of drug-likeness (QED) is 0.882. The van der Waals surface area contributed by atoms with Crippen LogP contribution in [0.3, 0.4) is 0 Å². The number of nitrogens with zero attached hydrogens (tertiary/aromatic N) is 1. The fourth-order valence-electron chi connectivity index (χ4n) is 2.43. The van der Waals surface area contributed by atoms with Crippen LogP contribution < -0.4 is 4.90 Å². The molecule has 1 atom stereocenters. The zero-order valence-electron chi connectivity index (χ0n) is 10.2. The number of hydrogen-bond acceptors (Lipinski definition) is 3. The van der Waals surface area contributed by atoms with E-state index in [1.165, 1.54) is 0 Å². The molecule has 18 heavy (non-hydrogen) atoms. The summed E-state index contributed by atoms with van der Waals surface area (Å²) in [6.07, 6.45) is 0.244. The molecule has 0 spiro atoms. The van der Waals surface area contributed by atoms with Gasteiger partial charge < -0.3 is 15.1 Å². The zero-order valence-corrected chi connectivity index (χ0v) is 10.9. The Kier molecular flexibility index (Phi) is 3.50. The van der Waals surface area contributed by atoms with Crippen molar-refractivity contribution in [3.8, 4) is 0 Å². The highest BCUT2D eigenvalue weighted by molar-refractivity contribution is 6.31. The van der Waals surface area contributed by atoms with Crippen molar-refractivity contribution in [3.63, 3.8) is 0 Å². The number of rotatable bonds is 3. The summed E-state index contributed by atoms with van der Waals surface area (Å²) in [5, 5.41) is 19.7. The van der Waals surface area contributed by atoms with Crippen LogP contribution in [-0.4, -0.2) is 34.9 Å². The van der Waals surface area contributed by atoms with Crippen LogP contribution in [0.15, 0.2) is 18.2 Å². The van der Waals surface area contributed by atoms with Crippen LogP contribution in [0.25, 0.3) is 0 Å². The highest BCUT2D eigenvalue weighted by atomic mass is 35.5. The average Bonchev–Trinajstić information content (AvgIpc) is 2.63. The molecule has 1 aliphatic rings. The Morgan fingerprint density at radius 3 is 2.94 bits per heavy atom. The highest BCUT2D eigenvalue weighted by Gasteiger charge is 2.38. The van der Waals surface area contributed by atoms with Gasteiger partial charge in [0.15, 0.2) is 0 Å². The minimum Gasteiger partial charge on any atom is -0.481 e. The van der Waals surface area contributed by atoms with Crippen LogP contribution in [0, 0.1) is 6.92 Å². The van der Waals surface area contributed by atoms with Gasteiger partial charge in [0.25, 0.3) is 0 Å². The van der Waals surface area contributed by atoms with Crippen molar-refractivity contribution in [3.05, 3.63) is 28.8 Å². The molecule has 1 aliphatic heterocycles. The lowest BCUT2D eigenvalue weighted by Gasteiger charge is -2.24. The molecule has 2 rings (SSSR count). The summed E-state index contributed by atoms with van der Waals surface area (Å²) in [6, 6.07) is 5.62. The molecule has 1 unspecified atom stereocenters. The van der Waals surface area contributed by atoms with Crippen LogP contribution >= 0.6 is 11.6 Å². The van der Waals surface area contributed by atoms with Gasteiger partial charge in [0.2, 0.25) is 0 Å². The summed E-state index contributed by atoms with van der Waals surface area (Å²) in [4.78, 5) is 12.7. The number of β-amino-alcohol motifs (C(OH)–C–C–N with tert-alkyl or cyclic N) is 1. The maximum Gasteiger partial charge on any atom is 0.306 e. The first-order valence-corrected chi connectivity index (χ1v) is 6.23. The lowest BCUT2D eigenvalue weighted by molar-refractivity contribution is -0.141. The standard InChI is InChI=1S/C13H16ClNO3/c1-9-10(14)3-2-4-11(9)15-6-5-13(18,8-15)7-12(16)17/h2-4,18H,5-8H2,1H3,(H,16,17). The van der Waals surface area contributed by atoms with Gasteiger partial charge in [-0.2, -0.15) is 0 Å². The van der Waals surface area contributed by atoms with Crippen molar-refractivity contribution in [2.24, 2.45) is 0 Å². The van der Waals surface area contributed by atoms with Crippen LogP contribution in [0.5, 0.6) is 0 Å². The number of anilines is 1. The Morgan fingerprint density at radius 2 is 2.28 bits per heavy atom. The molecule has 4 nitrogen and oxygen atoms in total. The van der Waals surface area contributed by atoms with Gasteiger partial charge in [0.05, 0.1) is 12.0 Å². The molecule has 1 aromatic carbocycles. The Labute approximate surface area is 111 Å². The molecule has 1 fully saturated rings.